The van der Waals surface area contributed by atoms with Gasteiger partial charge in [0, 0.05) is 54.9 Å². The molecule has 4 aromatic rings. The minimum absolute atomic E-state index is 0.0777. The second-order valence-electron chi connectivity index (χ2n) is 10.0. The number of anilines is 1. The van der Waals surface area contributed by atoms with Crippen molar-refractivity contribution in [1.82, 2.24) is 35.4 Å². The molecule has 0 bridgehead atoms. The Morgan fingerprint density at radius 3 is 3.03 bits per heavy atom. The Morgan fingerprint density at radius 2 is 2.22 bits per heavy atom. The molecule has 3 atom stereocenters. The summed E-state index contributed by atoms with van der Waals surface area (Å²) in [5.41, 5.74) is 3.12. The number of morpholine rings is 1. The van der Waals surface area contributed by atoms with Crippen molar-refractivity contribution >= 4 is 49.7 Å². The van der Waals surface area contributed by atoms with E-state index in [2.05, 4.69) is 60.0 Å². The van der Waals surface area contributed by atoms with Crippen molar-refractivity contribution in [3.8, 4) is 5.69 Å². The highest BCUT2D eigenvalue weighted by atomic mass is 79.9. The van der Waals surface area contributed by atoms with Gasteiger partial charge in [-0.25, -0.2) is 9.67 Å². The van der Waals surface area contributed by atoms with Gasteiger partial charge in [-0.2, -0.15) is 10.1 Å². The Labute approximate surface area is 222 Å². The van der Waals surface area contributed by atoms with Gasteiger partial charge >= 0.3 is 0 Å². The summed E-state index contributed by atoms with van der Waals surface area (Å²) in [6, 6.07) is 8.27. The van der Waals surface area contributed by atoms with Gasteiger partial charge in [0.25, 0.3) is 0 Å². The monoisotopic (exact) mass is 564 g/mol. The summed E-state index contributed by atoms with van der Waals surface area (Å²) in [6.45, 7) is 4.24. The van der Waals surface area contributed by atoms with Crippen LogP contribution in [0.15, 0.2) is 41.3 Å². The summed E-state index contributed by atoms with van der Waals surface area (Å²) in [4.78, 5) is 26.4. The molecule has 10 nitrogen and oxygen atoms in total. The van der Waals surface area contributed by atoms with E-state index in [1.54, 1.807) is 13.2 Å². The maximum Gasteiger partial charge on any atom is 0.225 e. The fraction of sp³-hybridized carbons (Fsp3) is 0.423. The Morgan fingerprint density at radius 1 is 1.32 bits per heavy atom. The Kier molecular flexibility index (Phi) is 6.29. The summed E-state index contributed by atoms with van der Waals surface area (Å²) in [6.07, 6.45) is 5.92. The van der Waals surface area contributed by atoms with E-state index in [1.807, 2.05) is 23.9 Å². The van der Waals surface area contributed by atoms with E-state index in [1.165, 1.54) is 0 Å². The van der Waals surface area contributed by atoms with Crippen LogP contribution >= 0.6 is 15.9 Å². The van der Waals surface area contributed by atoms with Crippen LogP contribution in [0.1, 0.15) is 37.9 Å². The smallest absolute Gasteiger partial charge is 0.225 e. The van der Waals surface area contributed by atoms with Gasteiger partial charge in [-0.1, -0.05) is 13.0 Å². The van der Waals surface area contributed by atoms with Crippen molar-refractivity contribution in [2.45, 2.75) is 38.3 Å². The first-order chi connectivity index (χ1) is 17.9. The van der Waals surface area contributed by atoms with Crippen LogP contribution in [0, 0.1) is 5.41 Å². The van der Waals surface area contributed by atoms with E-state index in [0.717, 1.165) is 59.9 Å². The van der Waals surface area contributed by atoms with Gasteiger partial charge in [-0.05, 0) is 53.4 Å². The lowest BCUT2D eigenvalue weighted by Gasteiger charge is -2.25. The van der Waals surface area contributed by atoms with Crippen LogP contribution in [0.4, 0.5) is 5.95 Å². The summed E-state index contributed by atoms with van der Waals surface area (Å²) in [7, 11) is 1.69. The number of carbonyl (C=O) groups is 1. The molecule has 2 aliphatic rings. The molecule has 192 valence electrons. The molecule has 1 aromatic carbocycles. The Hall–Kier alpha value is -3.15. The molecule has 6 rings (SSSR count). The molecule has 37 heavy (non-hydrogen) atoms. The van der Waals surface area contributed by atoms with Crippen LogP contribution in [0.2, 0.25) is 0 Å². The first-order valence-electron chi connectivity index (χ1n) is 12.6. The number of benzene rings is 1. The number of nitrogens with one attached hydrogen (secondary N) is 3. The van der Waals surface area contributed by atoms with Crippen molar-refractivity contribution in [3.05, 3.63) is 46.8 Å². The van der Waals surface area contributed by atoms with Crippen LogP contribution in [-0.2, 0) is 9.53 Å². The number of carbonyl (C=O) groups excluding carboxylic acids is 1. The third-order valence-corrected chi connectivity index (χ3v) is 8.05. The number of ether oxygens (including phenoxy) is 1. The van der Waals surface area contributed by atoms with Gasteiger partial charge in [-0.3, -0.25) is 9.78 Å². The fourth-order valence-electron chi connectivity index (χ4n) is 5.51. The molecule has 0 radical (unpaired) electrons. The van der Waals surface area contributed by atoms with Crippen molar-refractivity contribution in [1.29, 1.82) is 0 Å². The van der Waals surface area contributed by atoms with Gasteiger partial charge in [0.1, 0.15) is 4.60 Å². The molecule has 1 unspecified atom stereocenters. The second kappa shape index (κ2) is 9.62. The van der Waals surface area contributed by atoms with E-state index < -0.39 is 0 Å². The highest BCUT2D eigenvalue weighted by Gasteiger charge is 2.41. The minimum atomic E-state index is -0.382. The maximum absolute atomic E-state index is 12.3. The number of fused-ring (bicyclic) bond motifs is 2. The van der Waals surface area contributed by atoms with Crippen LogP contribution in [0.25, 0.3) is 27.6 Å². The molecule has 1 saturated carbocycles. The third kappa shape index (κ3) is 4.45. The number of aromatic nitrogens is 5. The molecule has 11 heteroatoms. The number of pyridine rings is 1. The molecule has 0 spiro atoms. The lowest BCUT2D eigenvalue weighted by molar-refractivity contribution is -0.129. The van der Waals surface area contributed by atoms with Gasteiger partial charge in [0.2, 0.25) is 11.9 Å². The molecule has 3 N–H and O–H groups in total. The Bertz CT molecular complexity index is 1480. The van der Waals surface area contributed by atoms with E-state index >= 15 is 0 Å². The van der Waals surface area contributed by atoms with Crippen molar-refractivity contribution < 1.29 is 9.53 Å². The van der Waals surface area contributed by atoms with E-state index in [9.17, 15) is 4.79 Å². The van der Waals surface area contributed by atoms with Crippen LogP contribution < -0.4 is 16.0 Å². The highest BCUT2D eigenvalue weighted by molar-refractivity contribution is 9.10. The third-order valence-electron chi connectivity index (χ3n) is 7.47. The lowest BCUT2D eigenvalue weighted by atomic mass is 9.87. The van der Waals surface area contributed by atoms with Gasteiger partial charge in [0.15, 0.2) is 5.65 Å². The quantitative estimate of drug-likeness (QED) is 0.337. The standard InChI is InChI=1S/C26H29BrN8O2/c1-26(24(36)28-2)6-5-16(12-26)32-25-31-13-19-22(27)34-35(23(19)33-25)17-10-15-4-3-7-30-21(15)18(11-17)20-14-29-8-9-37-20/h3-4,7,10-11,13,16,20,29H,5-6,8-9,12,14H2,1-2H3,(H,28,36)(H,31,32,33)/t16-,20?,26-/m1/s1. The normalized spacial score (nSPS) is 24.0. The first kappa shape index (κ1) is 24.2. The molecule has 1 amide bonds. The zero-order chi connectivity index (χ0) is 25.6. The van der Waals surface area contributed by atoms with Crippen molar-refractivity contribution in [3.63, 3.8) is 0 Å². The molecular formula is C26H29BrN8O2. The summed E-state index contributed by atoms with van der Waals surface area (Å²) in [5, 5.41) is 16.2. The zero-order valence-corrected chi connectivity index (χ0v) is 22.4. The predicted octanol–water partition coefficient (Wildman–Crippen LogP) is 3.50. The average molecular weight is 565 g/mol. The number of hydrogen-bond donors (Lipinski definition) is 3. The molecule has 3 aromatic heterocycles. The molecule has 1 saturated heterocycles. The maximum atomic E-state index is 12.3. The molecule has 1 aliphatic heterocycles. The Balaban J connectivity index is 1.38. The van der Waals surface area contributed by atoms with E-state index in [-0.39, 0.29) is 23.5 Å². The summed E-state index contributed by atoms with van der Waals surface area (Å²) >= 11 is 3.59. The van der Waals surface area contributed by atoms with Crippen molar-refractivity contribution in [2.24, 2.45) is 5.41 Å². The van der Waals surface area contributed by atoms with Gasteiger partial charge in [-0.15, -0.1) is 0 Å². The fourth-order valence-corrected chi connectivity index (χ4v) is 5.95. The number of nitrogens with zero attached hydrogens (tertiary/aromatic N) is 5. The van der Waals surface area contributed by atoms with Crippen LogP contribution in [-0.4, -0.2) is 63.4 Å². The van der Waals surface area contributed by atoms with Gasteiger partial charge < -0.3 is 20.7 Å². The largest absolute Gasteiger partial charge is 0.371 e. The predicted molar refractivity (Wildman–Crippen MR) is 145 cm³/mol. The van der Waals surface area contributed by atoms with Crippen molar-refractivity contribution in [2.75, 3.05) is 32.1 Å². The number of hydrogen-bond acceptors (Lipinski definition) is 8. The first-order valence-corrected chi connectivity index (χ1v) is 13.4. The second-order valence-corrected chi connectivity index (χ2v) is 10.8. The molecule has 1 aliphatic carbocycles. The highest BCUT2D eigenvalue weighted by Crippen LogP contribution is 2.39. The van der Waals surface area contributed by atoms with E-state index in [0.29, 0.717) is 22.8 Å². The topological polar surface area (TPSA) is 119 Å². The molecular weight excluding hydrogens is 536 g/mol. The van der Waals surface area contributed by atoms with E-state index in [4.69, 9.17) is 14.8 Å². The van der Waals surface area contributed by atoms with Crippen LogP contribution in [0.3, 0.4) is 0 Å². The molecule has 4 heterocycles. The summed E-state index contributed by atoms with van der Waals surface area (Å²) < 4.78 is 8.59. The summed E-state index contributed by atoms with van der Waals surface area (Å²) in [5.74, 6) is 0.601. The molecule has 2 fully saturated rings. The lowest BCUT2D eigenvalue weighted by Crippen LogP contribution is -2.35. The average Bonchev–Trinajstić information content (AvgIpc) is 3.47. The SMILES string of the molecule is CNC(=O)[C@]1(C)CC[C@@H](Nc2ncc3c(Br)nn(-c4cc(C5CNCCO5)c5ncccc5c4)c3n2)C1. The number of halogens is 1. The zero-order valence-electron chi connectivity index (χ0n) is 20.8. The number of amides is 1. The minimum Gasteiger partial charge on any atom is -0.371 e. The number of rotatable bonds is 5. The van der Waals surface area contributed by atoms with Crippen LogP contribution in [0.5, 0.6) is 0 Å². The van der Waals surface area contributed by atoms with Gasteiger partial charge in [0.05, 0.1) is 29.3 Å².